The molecule has 0 radical (unpaired) electrons. The van der Waals surface area contributed by atoms with Gasteiger partial charge in [-0.1, -0.05) is 0 Å². The summed E-state index contributed by atoms with van der Waals surface area (Å²) < 4.78 is 43.2. The summed E-state index contributed by atoms with van der Waals surface area (Å²) in [6.07, 6.45) is 0. The summed E-state index contributed by atoms with van der Waals surface area (Å²) in [6, 6.07) is 10.9. The molecule has 1 N–H and O–H groups in total. The van der Waals surface area contributed by atoms with Crippen molar-refractivity contribution in [3.05, 3.63) is 42.5 Å². The number of carbonyl (C=O) groups excluding carboxylic acids is 1. The van der Waals surface area contributed by atoms with Gasteiger partial charge in [-0.25, -0.2) is 8.42 Å². The number of rotatable bonds is 6. The molecule has 0 aliphatic carbocycles. The van der Waals surface area contributed by atoms with Crippen molar-refractivity contribution in [2.24, 2.45) is 0 Å². The highest BCUT2D eigenvalue weighted by atomic mass is 32.2. The first-order chi connectivity index (χ1) is 12.9. The highest BCUT2D eigenvalue weighted by Crippen LogP contribution is 2.31. The van der Waals surface area contributed by atoms with Crippen molar-refractivity contribution in [3.63, 3.8) is 0 Å². The lowest BCUT2D eigenvalue weighted by molar-refractivity contribution is -0.125. The van der Waals surface area contributed by atoms with Crippen molar-refractivity contribution in [2.75, 3.05) is 43.6 Å². The maximum absolute atomic E-state index is 12.6. The Bertz CT molecular complexity index is 927. The number of amides is 1. The Morgan fingerprint density at radius 2 is 1.74 bits per heavy atom. The standard InChI is InChI=1S/C18H20N2O6S/c1-24-16-8-3-13(11-17(16)25-2)19-27(22,23)15-6-4-14(5-7-15)20-9-10-26-12-18(20)21/h3-8,11,19H,9-10,12H2,1-2H3. The minimum absolute atomic E-state index is 0.0287. The van der Waals surface area contributed by atoms with Gasteiger partial charge in [-0.3, -0.25) is 9.52 Å². The second-order valence-corrected chi connectivity index (χ2v) is 7.45. The van der Waals surface area contributed by atoms with Crippen LogP contribution in [0.2, 0.25) is 0 Å². The van der Waals surface area contributed by atoms with Gasteiger partial charge in [0.2, 0.25) is 0 Å². The van der Waals surface area contributed by atoms with E-state index >= 15 is 0 Å². The molecule has 1 amide bonds. The van der Waals surface area contributed by atoms with Crippen LogP contribution in [0, 0.1) is 0 Å². The van der Waals surface area contributed by atoms with Gasteiger partial charge in [0.05, 0.1) is 31.4 Å². The number of nitrogens with zero attached hydrogens (tertiary/aromatic N) is 1. The minimum atomic E-state index is -3.79. The monoisotopic (exact) mass is 392 g/mol. The van der Waals surface area contributed by atoms with Crippen LogP contribution < -0.4 is 19.1 Å². The second-order valence-electron chi connectivity index (χ2n) is 5.77. The van der Waals surface area contributed by atoms with E-state index in [1.165, 1.54) is 32.4 Å². The smallest absolute Gasteiger partial charge is 0.261 e. The predicted octanol–water partition coefficient (Wildman–Crippen LogP) is 1.87. The molecule has 2 aromatic carbocycles. The average Bonchev–Trinajstić information content (AvgIpc) is 2.68. The van der Waals surface area contributed by atoms with Crippen molar-refractivity contribution in [1.29, 1.82) is 0 Å². The van der Waals surface area contributed by atoms with Gasteiger partial charge >= 0.3 is 0 Å². The molecule has 9 heteroatoms. The summed E-state index contributed by atoms with van der Waals surface area (Å²) in [4.78, 5) is 13.5. The fraction of sp³-hybridized carbons (Fsp3) is 0.278. The summed E-state index contributed by atoms with van der Waals surface area (Å²) in [5.74, 6) is 0.763. The number of sulfonamides is 1. The number of carbonyl (C=O) groups is 1. The summed E-state index contributed by atoms with van der Waals surface area (Å²) in [5.41, 5.74) is 0.980. The maximum Gasteiger partial charge on any atom is 0.261 e. The fourth-order valence-electron chi connectivity index (χ4n) is 2.71. The van der Waals surface area contributed by atoms with E-state index in [0.29, 0.717) is 36.0 Å². The van der Waals surface area contributed by atoms with Crippen LogP contribution in [0.4, 0.5) is 11.4 Å². The highest BCUT2D eigenvalue weighted by molar-refractivity contribution is 7.92. The number of benzene rings is 2. The number of hydrogen-bond donors (Lipinski definition) is 1. The van der Waals surface area contributed by atoms with Crippen molar-refractivity contribution in [3.8, 4) is 11.5 Å². The van der Waals surface area contributed by atoms with Gasteiger partial charge < -0.3 is 19.1 Å². The molecule has 0 bridgehead atoms. The van der Waals surface area contributed by atoms with Crippen molar-refractivity contribution >= 4 is 27.3 Å². The Balaban J connectivity index is 1.80. The molecule has 27 heavy (non-hydrogen) atoms. The molecule has 8 nitrogen and oxygen atoms in total. The zero-order valence-electron chi connectivity index (χ0n) is 15.0. The van der Waals surface area contributed by atoms with Crippen LogP contribution in [0.25, 0.3) is 0 Å². The Hall–Kier alpha value is -2.78. The van der Waals surface area contributed by atoms with E-state index in [1.54, 1.807) is 29.2 Å². The van der Waals surface area contributed by atoms with Crippen LogP contribution in [0.1, 0.15) is 0 Å². The first-order valence-corrected chi connectivity index (χ1v) is 9.66. The third-order valence-electron chi connectivity index (χ3n) is 4.08. The van der Waals surface area contributed by atoms with E-state index in [-0.39, 0.29) is 17.4 Å². The van der Waals surface area contributed by atoms with Crippen molar-refractivity contribution in [1.82, 2.24) is 0 Å². The largest absolute Gasteiger partial charge is 0.493 e. The van der Waals surface area contributed by atoms with E-state index < -0.39 is 10.0 Å². The zero-order chi connectivity index (χ0) is 19.4. The molecule has 0 aromatic heterocycles. The fourth-order valence-corrected chi connectivity index (χ4v) is 3.76. The van der Waals surface area contributed by atoms with Gasteiger partial charge in [0.15, 0.2) is 11.5 Å². The number of morpholine rings is 1. The van der Waals surface area contributed by atoms with E-state index in [4.69, 9.17) is 14.2 Å². The molecule has 144 valence electrons. The Labute approximate surface area is 157 Å². The average molecular weight is 392 g/mol. The van der Waals surface area contributed by atoms with Crippen LogP contribution >= 0.6 is 0 Å². The van der Waals surface area contributed by atoms with Gasteiger partial charge in [0.25, 0.3) is 15.9 Å². The molecular formula is C18H20N2O6S. The summed E-state index contributed by atoms with van der Waals surface area (Å²) in [7, 11) is -0.817. The topological polar surface area (TPSA) is 94.2 Å². The molecule has 1 fully saturated rings. The Morgan fingerprint density at radius 3 is 2.37 bits per heavy atom. The van der Waals surface area contributed by atoms with E-state index in [2.05, 4.69) is 4.72 Å². The lowest BCUT2D eigenvalue weighted by atomic mass is 10.2. The maximum atomic E-state index is 12.6. The Kier molecular flexibility index (Phi) is 5.52. The molecule has 1 aliphatic rings. The molecule has 0 atom stereocenters. The van der Waals surface area contributed by atoms with Crippen molar-refractivity contribution < 1.29 is 27.4 Å². The van der Waals surface area contributed by atoms with Gasteiger partial charge in [0, 0.05) is 18.3 Å². The van der Waals surface area contributed by atoms with Gasteiger partial charge in [0.1, 0.15) is 6.61 Å². The van der Waals surface area contributed by atoms with Crippen LogP contribution in [0.15, 0.2) is 47.4 Å². The number of nitrogens with one attached hydrogen (secondary N) is 1. The molecule has 0 saturated carbocycles. The normalized spacial score (nSPS) is 14.7. The van der Waals surface area contributed by atoms with Gasteiger partial charge in [-0.05, 0) is 36.4 Å². The van der Waals surface area contributed by atoms with Crippen LogP contribution in [0.3, 0.4) is 0 Å². The first-order valence-electron chi connectivity index (χ1n) is 8.17. The van der Waals surface area contributed by atoms with Gasteiger partial charge in [-0.15, -0.1) is 0 Å². The van der Waals surface area contributed by atoms with Crippen LogP contribution in [-0.2, 0) is 19.6 Å². The van der Waals surface area contributed by atoms with E-state index in [0.717, 1.165) is 0 Å². The van der Waals surface area contributed by atoms with Crippen LogP contribution in [-0.4, -0.2) is 48.3 Å². The number of anilines is 2. The zero-order valence-corrected chi connectivity index (χ0v) is 15.8. The quantitative estimate of drug-likeness (QED) is 0.807. The Morgan fingerprint density at radius 1 is 1.04 bits per heavy atom. The first kappa shape index (κ1) is 19.0. The summed E-state index contributed by atoms with van der Waals surface area (Å²) >= 11 is 0. The lowest BCUT2D eigenvalue weighted by Gasteiger charge is -2.26. The third-order valence-corrected chi connectivity index (χ3v) is 5.48. The van der Waals surface area contributed by atoms with Crippen molar-refractivity contribution in [2.45, 2.75) is 4.90 Å². The van der Waals surface area contributed by atoms with Gasteiger partial charge in [-0.2, -0.15) is 0 Å². The molecule has 1 heterocycles. The summed E-state index contributed by atoms with van der Waals surface area (Å²) in [5, 5.41) is 0. The predicted molar refractivity (Wildman–Crippen MR) is 100.0 cm³/mol. The number of methoxy groups -OCH3 is 2. The minimum Gasteiger partial charge on any atom is -0.493 e. The molecule has 1 saturated heterocycles. The highest BCUT2D eigenvalue weighted by Gasteiger charge is 2.21. The van der Waals surface area contributed by atoms with E-state index in [9.17, 15) is 13.2 Å². The number of ether oxygens (including phenoxy) is 3. The lowest BCUT2D eigenvalue weighted by Crippen LogP contribution is -2.41. The van der Waals surface area contributed by atoms with Crippen LogP contribution in [0.5, 0.6) is 11.5 Å². The SMILES string of the molecule is COc1ccc(NS(=O)(=O)c2ccc(N3CCOCC3=O)cc2)cc1OC. The molecule has 0 spiro atoms. The molecule has 3 rings (SSSR count). The molecule has 2 aromatic rings. The molecule has 1 aliphatic heterocycles. The molecule has 0 unspecified atom stereocenters. The second kappa shape index (κ2) is 7.85. The molecular weight excluding hydrogens is 372 g/mol. The third kappa shape index (κ3) is 4.15. The number of hydrogen-bond acceptors (Lipinski definition) is 6. The summed E-state index contributed by atoms with van der Waals surface area (Å²) in [6.45, 7) is 0.919. The van der Waals surface area contributed by atoms with E-state index in [1.807, 2.05) is 0 Å².